The molecule has 0 saturated heterocycles. The summed E-state index contributed by atoms with van der Waals surface area (Å²) in [7, 11) is -2.64. The van der Waals surface area contributed by atoms with E-state index in [0.29, 0.717) is 6.61 Å². The minimum absolute atomic E-state index is 0.358. The quantitative estimate of drug-likeness (QED) is 0.354. The average Bonchev–Trinajstić information content (AvgIpc) is 2.39. The fourth-order valence-electron chi connectivity index (χ4n) is 2.26. The second-order valence-electron chi connectivity index (χ2n) is 5.30. The molecule has 0 bridgehead atoms. The van der Waals surface area contributed by atoms with Gasteiger partial charge in [0.05, 0.1) is 6.61 Å². The van der Waals surface area contributed by atoms with Gasteiger partial charge in [-0.15, -0.1) is 0 Å². The van der Waals surface area contributed by atoms with Gasteiger partial charge in [-0.05, 0) is 6.42 Å². The van der Waals surface area contributed by atoms with E-state index in [-0.39, 0.29) is 0 Å². The summed E-state index contributed by atoms with van der Waals surface area (Å²) in [6.45, 7) is 2.61. The number of hydrogen-bond donors (Lipinski definition) is 1. The highest BCUT2D eigenvalue weighted by molar-refractivity contribution is 7.67. The molecule has 0 aliphatic heterocycles. The van der Waals surface area contributed by atoms with Gasteiger partial charge >= 0.3 is 0 Å². The Balaban J connectivity index is 2.95. The lowest BCUT2D eigenvalue weighted by Crippen LogP contribution is -1.92. The fourth-order valence-corrected chi connectivity index (χ4v) is 2.54. The molecule has 0 atom stereocenters. The Labute approximate surface area is 121 Å². The maximum atomic E-state index is 10.1. The lowest BCUT2D eigenvalue weighted by Gasteiger charge is -2.02. The van der Waals surface area contributed by atoms with Crippen LogP contribution < -0.4 is 0 Å². The van der Waals surface area contributed by atoms with Crippen LogP contribution in [0.5, 0.6) is 0 Å². The summed E-state index contributed by atoms with van der Waals surface area (Å²) < 4.78 is 24.8. The third kappa shape index (κ3) is 17.9. The summed E-state index contributed by atoms with van der Waals surface area (Å²) in [5.41, 5.74) is 0. The minimum Gasteiger partial charge on any atom is -0.272 e. The van der Waals surface area contributed by atoms with Gasteiger partial charge in [0, 0.05) is 0 Å². The molecule has 0 aliphatic rings. The molecule has 0 saturated carbocycles. The number of hydrogen-bond acceptors (Lipinski definition) is 3. The zero-order valence-electron chi connectivity index (χ0n) is 12.6. The average molecular weight is 292 g/mol. The van der Waals surface area contributed by atoms with Crippen molar-refractivity contribution in [3.63, 3.8) is 0 Å². The van der Waals surface area contributed by atoms with Gasteiger partial charge in [0.25, 0.3) is 11.0 Å². The van der Waals surface area contributed by atoms with Crippen molar-refractivity contribution < 1.29 is 12.6 Å². The zero-order valence-corrected chi connectivity index (χ0v) is 13.5. The first-order valence-electron chi connectivity index (χ1n) is 8.04. The summed E-state index contributed by atoms with van der Waals surface area (Å²) in [5, 5.41) is 0. The van der Waals surface area contributed by atoms with Crippen LogP contribution in [-0.2, 0) is 15.2 Å². The van der Waals surface area contributed by atoms with Gasteiger partial charge < -0.3 is 0 Å². The molecule has 0 N–H and O–H groups in total. The highest BCUT2D eigenvalue weighted by Gasteiger charge is 1.94. The summed E-state index contributed by atoms with van der Waals surface area (Å²) in [6, 6.07) is 0. The van der Waals surface area contributed by atoms with Crippen LogP contribution in [0.15, 0.2) is 0 Å². The van der Waals surface area contributed by atoms with Gasteiger partial charge in [-0.25, -0.2) is 8.42 Å². The first-order valence-corrected chi connectivity index (χ1v) is 9.14. The van der Waals surface area contributed by atoms with Crippen molar-refractivity contribution in [3.05, 3.63) is 0 Å². The van der Waals surface area contributed by atoms with Gasteiger partial charge in [-0.3, -0.25) is 4.18 Å². The molecule has 0 spiro atoms. The fraction of sp³-hybridized carbons (Fsp3) is 1.00. The molecule has 0 aliphatic carbocycles. The van der Waals surface area contributed by atoms with Crippen molar-refractivity contribution in [3.8, 4) is 0 Å². The van der Waals surface area contributed by atoms with Crippen LogP contribution >= 0.6 is 0 Å². The Morgan fingerprint density at radius 3 is 1.37 bits per heavy atom. The third-order valence-electron chi connectivity index (χ3n) is 3.44. The van der Waals surface area contributed by atoms with Crippen molar-refractivity contribution >= 4 is 11.0 Å². The van der Waals surface area contributed by atoms with Gasteiger partial charge in [0.1, 0.15) is 0 Å². The molecule has 0 rings (SSSR count). The van der Waals surface area contributed by atoms with Crippen LogP contribution in [0.2, 0.25) is 0 Å². The predicted molar refractivity (Wildman–Crippen MR) is 82.0 cm³/mol. The second-order valence-corrected chi connectivity index (χ2v) is 6.00. The van der Waals surface area contributed by atoms with Crippen LogP contribution in [0.3, 0.4) is 0 Å². The Kier molecular flexibility index (Phi) is 15.9. The van der Waals surface area contributed by atoms with E-state index in [1.165, 1.54) is 70.6 Å². The number of rotatable bonds is 15. The van der Waals surface area contributed by atoms with Gasteiger partial charge in [0.15, 0.2) is 0 Å². The molecule has 0 unspecified atom stereocenters. The molecule has 0 aromatic carbocycles. The van der Waals surface area contributed by atoms with Crippen molar-refractivity contribution in [1.82, 2.24) is 0 Å². The van der Waals surface area contributed by atoms with Crippen molar-refractivity contribution in [2.75, 3.05) is 6.61 Å². The largest absolute Gasteiger partial charge is 0.272 e. The highest BCUT2D eigenvalue weighted by atomic mass is 32.2. The van der Waals surface area contributed by atoms with E-state index >= 15 is 0 Å². The van der Waals surface area contributed by atoms with Gasteiger partial charge in [0.2, 0.25) is 0 Å². The smallest absolute Gasteiger partial charge is 0.257 e. The topological polar surface area (TPSA) is 43.4 Å². The summed E-state index contributed by atoms with van der Waals surface area (Å²) in [6.07, 6.45) is 16.8. The van der Waals surface area contributed by atoms with E-state index < -0.39 is 11.0 Å². The molecular weight excluding hydrogens is 260 g/mol. The van der Waals surface area contributed by atoms with Crippen molar-refractivity contribution in [1.29, 1.82) is 0 Å². The summed E-state index contributed by atoms with van der Waals surface area (Å²) >= 11 is 0. The lowest BCUT2D eigenvalue weighted by atomic mass is 10.0. The molecule has 3 nitrogen and oxygen atoms in total. The predicted octanol–water partition coefficient (Wildman–Crippen LogP) is 4.62. The van der Waals surface area contributed by atoms with Gasteiger partial charge in [-0.2, -0.15) is 0 Å². The normalized spacial score (nSPS) is 11.3. The minimum atomic E-state index is -2.64. The van der Waals surface area contributed by atoms with Crippen LogP contribution in [0.1, 0.15) is 90.4 Å². The first-order chi connectivity index (χ1) is 9.27. The summed E-state index contributed by atoms with van der Waals surface area (Å²) in [5.74, 6) is 0. The van der Waals surface area contributed by atoms with Crippen LogP contribution in [0, 0.1) is 0 Å². The van der Waals surface area contributed by atoms with Crippen molar-refractivity contribution in [2.24, 2.45) is 0 Å². The molecule has 0 amide bonds. The van der Waals surface area contributed by atoms with E-state index in [0.717, 1.165) is 12.8 Å². The van der Waals surface area contributed by atoms with E-state index in [9.17, 15) is 8.42 Å². The highest BCUT2D eigenvalue weighted by Crippen LogP contribution is 2.12. The zero-order chi connectivity index (χ0) is 14.2. The van der Waals surface area contributed by atoms with Crippen LogP contribution in [0.25, 0.3) is 0 Å². The Morgan fingerprint density at radius 2 is 1.00 bits per heavy atom. The second kappa shape index (κ2) is 16.0. The van der Waals surface area contributed by atoms with E-state index in [4.69, 9.17) is 0 Å². The first kappa shape index (κ1) is 18.9. The molecule has 0 fully saturated rings. The molecular formula is C15H32O3S. The molecule has 0 aromatic rings. The third-order valence-corrected chi connectivity index (χ3v) is 3.84. The monoisotopic (exact) mass is 292 g/mol. The van der Waals surface area contributed by atoms with Crippen LogP contribution in [-0.4, -0.2) is 15.0 Å². The lowest BCUT2D eigenvalue weighted by molar-refractivity contribution is 0.319. The Hall–Kier alpha value is -0.0900. The van der Waals surface area contributed by atoms with Crippen molar-refractivity contribution in [2.45, 2.75) is 90.4 Å². The SMILES string of the molecule is CCCCCCCCCCCCCCCO[SH](=O)=O. The van der Waals surface area contributed by atoms with Crippen LogP contribution in [0.4, 0.5) is 0 Å². The molecule has 0 aromatic heterocycles. The molecule has 0 radical (unpaired) electrons. The van der Waals surface area contributed by atoms with E-state index in [1.807, 2.05) is 0 Å². The van der Waals surface area contributed by atoms with Gasteiger partial charge in [-0.1, -0.05) is 84.0 Å². The molecule has 116 valence electrons. The maximum Gasteiger partial charge on any atom is 0.257 e. The molecule has 4 heteroatoms. The number of unbranched alkanes of at least 4 members (excludes halogenated alkanes) is 12. The van der Waals surface area contributed by atoms with E-state index in [1.54, 1.807) is 0 Å². The molecule has 0 heterocycles. The number of thiol groups is 1. The van der Waals surface area contributed by atoms with E-state index in [2.05, 4.69) is 11.1 Å². The molecule has 19 heavy (non-hydrogen) atoms. The Morgan fingerprint density at radius 1 is 0.632 bits per heavy atom. The standard InChI is InChI=1S/C15H32O3S/c1-2-3-4-5-6-7-8-9-10-11-12-13-14-15-18-19(16)17/h19H,2-15H2,1H3. The summed E-state index contributed by atoms with van der Waals surface area (Å²) in [4.78, 5) is 0. The Bertz CT molecular complexity index is 232. The maximum absolute atomic E-state index is 10.1.